The number of H-pyrrole nitrogens is 1. The fourth-order valence-corrected chi connectivity index (χ4v) is 1.17. The maximum atomic E-state index is 10.9. The normalized spacial score (nSPS) is 9.88. The molecule has 0 aliphatic heterocycles. The summed E-state index contributed by atoms with van der Waals surface area (Å²) in [6.07, 6.45) is 1.50. The van der Waals surface area contributed by atoms with Crippen LogP contribution in [-0.4, -0.2) is 41.8 Å². The van der Waals surface area contributed by atoms with Gasteiger partial charge in [-0.25, -0.2) is 0 Å². The predicted molar refractivity (Wildman–Crippen MR) is 55.1 cm³/mol. The molecule has 1 aromatic heterocycles. The number of nitrogens with one attached hydrogen (secondary N) is 1. The Kier molecular flexibility index (Phi) is 3.81. The average molecular weight is 228 g/mol. The number of carbonyl (C=O) groups is 1. The first kappa shape index (κ1) is 12.0. The van der Waals surface area contributed by atoms with Gasteiger partial charge in [0.25, 0.3) is 0 Å². The van der Waals surface area contributed by atoms with Crippen LogP contribution in [0.1, 0.15) is 6.42 Å². The lowest BCUT2D eigenvalue weighted by Gasteiger charge is -2.15. The van der Waals surface area contributed by atoms with Crippen LogP contribution in [-0.2, 0) is 9.53 Å². The van der Waals surface area contributed by atoms with Crippen LogP contribution in [0.5, 0.6) is 0 Å². The van der Waals surface area contributed by atoms with Gasteiger partial charge in [0.15, 0.2) is 5.69 Å². The topological polar surface area (TPSA) is 101 Å². The van der Waals surface area contributed by atoms with Gasteiger partial charge in [-0.15, -0.1) is 5.10 Å². The molecule has 8 heteroatoms. The first-order valence-corrected chi connectivity index (χ1v) is 4.52. The van der Waals surface area contributed by atoms with Crippen molar-refractivity contribution in [3.05, 3.63) is 16.3 Å². The Morgan fingerprint density at radius 1 is 1.75 bits per heavy atom. The summed E-state index contributed by atoms with van der Waals surface area (Å²) in [5, 5.41) is 16.5. The van der Waals surface area contributed by atoms with Crippen LogP contribution in [0.3, 0.4) is 0 Å². The SMILES string of the molecule is COC(=O)CCN(C)c1cn[nH]c1[N+](=O)[O-]. The van der Waals surface area contributed by atoms with E-state index in [0.29, 0.717) is 12.2 Å². The average Bonchev–Trinajstić information content (AvgIpc) is 2.74. The van der Waals surface area contributed by atoms with E-state index in [1.807, 2.05) is 0 Å². The van der Waals surface area contributed by atoms with Crippen molar-refractivity contribution in [1.82, 2.24) is 10.2 Å². The molecule has 1 N–H and O–H groups in total. The highest BCUT2D eigenvalue weighted by atomic mass is 16.6. The number of carbonyl (C=O) groups excluding carboxylic acids is 1. The number of hydrogen-bond acceptors (Lipinski definition) is 6. The number of hydrogen-bond donors (Lipinski definition) is 1. The van der Waals surface area contributed by atoms with Crippen molar-refractivity contribution >= 4 is 17.5 Å². The molecular weight excluding hydrogens is 216 g/mol. The fraction of sp³-hybridized carbons (Fsp3) is 0.500. The number of anilines is 1. The van der Waals surface area contributed by atoms with Crippen molar-refractivity contribution in [3.8, 4) is 0 Å². The molecule has 0 fully saturated rings. The van der Waals surface area contributed by atoms with E-state index in [9.17, 15) is 14.9 Å². The maximum Gasteiger partial charge on any atom is 0.366 e. The predicted octanol–water partition coefficient (Wildman–Crippen LogP) is 0.317. The molecule has 0 aliphatic carbocycles. The lowest BCUT2D eigenvalue weighted by molar-refractivity contribution is -0.388. The van der Waals surface area contributed by atoms with Crippen molar-refractivity contribution in [2.45, 2.75) is 6.42 Å². The molecule has 0 atom stereocenters. The lowest BCUT2D eigenvalue weighted by Crippen LogP contribution is -2.21. The van der Waals surface area contributed by atoms with Gasteiger partial charge >= 0.3 is 11.8 Å². The van der Waals surface area contributed by atoms with Crippen molar-refractivity contribution in [3.63, 3.8) is 0 Å². The second kappa shape index (κ2) is 5.10. The highest BCUT2D eigenvalue weighted by Crippen LogP contribution is 2.23. The highest BCUT2D eigenvalue weighted by Gasteiger charge is 2.18. The van der Waals surface area contributed by atoms with Crippen LogP contribution in [0, 0.1) is 10.1 Å². The number of ether oxygens (including phenoxy) is 1. The van der Waals surface area contributed by atoms with Crippen molar-refractivity contribution in [1.29, 1.82) is 0 Å². The molecule has 0 bridgehead atoms. The van der Waals surface area contributed by atoms with Crippen LogP contribution in [0.15, 0.2) is 6.20 Å². The maximum absolute atomic E-state index is 10.9. The molecule has 8 nitrogen and oxygen atoms in total. The van der Waals surface area contributed by atoms with Gasteiger partial charge in [-0.1, -0.05) is 5.10 Å². The van der Waals surface area contributed by atoms with Crippen molar-refractivity contribution in [2.75, 3.05) is 25.6 Å². The number of methoxy groups -OCH3 is 1. The molecule has 0 spiro atoms. The minimum atomic E-state index is -0.559. The number of aromatic amines is 1. The van der Waals surface area contributed by atoms with Gasteiger partial charge in [0, 0.05) is 13.6 Å². The summed E-state index contributed by atoms with van der Waals surface area (Å²) < 4.78 is 4.47. The van der Waals surface area contributed by atoms with Gasteiger partial charge in [-0.3, -0.25) is 4.79 Å². The molecule has 0 saturated heterocycles. The minimum Gasteiger partial charge on any atom is -0.469 e. The molecule has 1 heterocycles. The molecule has 0 amide bonds. The minimum absolute atomic E-state index is 0.162. The van der Waals surface area contributed by atoms with Crippen molar-refractivity contribution < 1.29 is 14.5 Å². The largest absolute Gasteiger partial charge is 0.469 e. The van der Waals surface area contributed by atoms with Crippen LogP contribution in [0.25, 0.3) is 0 Å². The molecule has 0 unspecified atom stereocenters. The van der Waals surface area contributed by atoms with Crippen LogP contribution in [0.4, 0.5) is 11.5 Å². The number of rotatable bonds is 5. The summed E-state index contributed by atoms with van der Waals surface area (Å²) in [5.41, 5.74) is 0.342. The van der Waals surface area contributed by atoms with E-state index in [1.54, 1.807) is 11.9 Å². The summed E-state index contributed by atoms with van der Waals surface area (Å²) in [4.78, 5) is 22.5. The standard InChI is InChI=1S/C8H12N4O4/c1-11(4-3-7(13)16-2)6-5-9-10-8(6)12(14)15/h5H,3-4H2,1-2H3,(H,9,10). The van der Waals surface area contributed by atoms with E-state index in [4.69, 9.17) is 0 Å². The van der Waals surface area contributed by atoms with Gasteiger partial charge < -0.3 is 19.8 Å². The zero-order valence-corrected chi connectivity index (χ0v) is 8.97. The monoisotopic (exact) mass is 228 g/mol. The molecule has 1 rings (SSSR count). The Balaban J connectivity index is 2.65. The first-order chi connectivity index (χ1) is 7.56. The van der Waals surface area contributed by atoms with Crippen LogP contribution >= 0.6 is 0 Å². The van der Waals surface area contributed by atoms with Gasteiger partial charge in [-0.2, -0.15) is 0 Å². The summed E-state index contributed by atoms with van der Waals surface area (Å²) in [7, 11) is 2.93. The summed E-state index contributed by atoms with van der Waals surface area (Å²) in [6, 6.07) is 0. The second-order valence-electron chi connectivity index (χ2n) is 3.11. The highest BCUT2D eigenvalue weighted by molar-refractivity contribution is 5.70. The van der Waals surface area contributed by atoms with E-state index in [-0.39, 0.29) is 18.2 Å². The third-order valence-electron chi connectivity index (χ3n) is 2.07. The van der Waals surface area contributed by atoms with Crippen molar-refractivity contribution in [2.24, 2.45) is 0 Å². The molecule has 88 valence electrons. The van der Waals surface area contributed by atoms with Gasteiger partial charge in [0.2, 0.25) is 0 Å². The smallest absolute Gasteiger partial charge is 0.366 e. The van der Waals surface area contributed by atoms with Gasteiger partial charge in [-0.05, 0) is 4.92 Å². The second-order valence-corrected chi connectivity index (χ2v) is 3.11. The number of aromatic nitrogens is 2. The Labute approximate surface area is 91.3 Å². The Bertz CT molecular complexity index is 389. The molecule has 0 aromatic carbocycles. The zero-order chi connectivity index (χ0) is 12.1. The molecule has 0 aliphatic rings. The molecule has 1 aromatic rings. The van der Waals surface area contributed by atoms with E-state index in [0.717, 1.165) is 0 Å². The van der Waals surface area contributed by atoms with E-state index in [2.05, 4.69) is 14.9 Å². The van der Waals surface area contributed by atoms with E-state index >= 15 is 0 Å². The third-order valence-corrected chi connectivity index (χ3v) is 2.07. The van der Waals surface area contributed by atoms with E-state index in [1.165, 1.54) is 13.3 Å². The zero-order valence-electron chi connectivity index (χ0n) is 8.97. The van der Waals surface area contributed by atoms with Crippen LogP contribution < -0.4 is 4.90 Å². The Morgan fingerprint density at radius 2 is 2.44 bits per heavy atom. The Hall–Kier alpha value is -2.12. The lowest BCUT2D eigenvalue weighted by atomic mass is 10.3. The van der Waals surface area contributed by atoms with Crippen LogP contribution in [0.2, 0.25) is 0 Å². The number of nitrogens with zero attached hydrogens (tertiary/aromatic N) is 3. The molecular formula is C8H12N4O4. The summed E-state index contributed by atoms with van der Waals surface area (Å²) in [5.74, 6) is -0.551. The number of nitro groups is 1. The fourth-order valence-electron chi connectivity index (χ4n) is 1.17. The third kappa shape index (κ3) is 2.69. The summed E-state index contributed by atoms with van der Waals surface area (Å²) in [6.45, 7) is 0.326. The van der Waals surface area contributed by atoms with E-state index < -0.39 is 4.92 Å². The molecule has 16 heavy (non-hydrogen) atoms. The first-order valence-electron chi connectivity index (χ1n) is 4.52. The molecule has 0 saturated carbocycles. The number of esters is 1. The summed E-state index contributed by atoms with van der Waals surface area (Å²) >= 11 is 0. The van der Waals surface area contributed by atoms with Gasteiger partial charge in [0.05, 0.1) is 13.5 Å². The Morgan fingerprint density at radius 3 is 3.00 bits per heavy atom. The van der Waals surface area contributed by atoms with Gasteiger partial charge in [0.1, 0.15) is 6.20 Å². The molecule has 0 radical (unpaired) electrons. The quantitative estimate of drug-likeness (QED) is 0.442.